The van der Waals surface area contributed by atoms with Crippen molar-refractivity contribution >= 4 is 29.5 Å². The summed E-state index contributed by atoms with van der Waals surface area (Å²) in [5.41, 5.74) is 0. The average Bonchev–Trinajstić information content (AvgIpc) is 2.28. The highest BCUT2D eigenvalue weighted by molar-refractivity contribution is 8.00. The van der Waals surface area contributed by atoms with Crippen molar-refractivity contribution in [1.29, 1.82) is 5.26 Å². The van der Waals surface area contributed by atoms with E-state index in [4.69, 9.17) is 5.26 Å². The topological polar surface area (TPSA) is 90.3 Å². The Hall–Kier alpha value is -1.55. The number of carbonyl (C=O) groups excluding carboxylic acids is 3. The molecule has 1 unspecified atom stereocenters. The Morgan fingerprint density at radius 2 is 2.35 bits per heavy atom. The number of nitriles is 1. The third-order valence-electron chi connectivity index (χ3n) is 2.35. The van der Waals surface area contributed by atoms with Crippen LogP contribution in [0.5, 0.6) is 0 Å². The summed E-state index contributed by atoms with van der Waals surface area (Å²) in [6, 6.07) is 1.33. The Kier molecular flexibility index (Phi) is 4.97. The monoisotopic (exact) mass is 255 g/mol. The van der Waals surface area contributed by atoms with Crippen LogP contribution in [-0.2, 0) is 14.4 Å². The number of hydrogen-bond acceptors (Lipinski definition) is 5. The van der Waals surface area contributed by atoms with Gasteiger partial charge in [-0.3, -0.25) is 19.7 Å². The van der Waals surface area contributed by atoms with E-state index in [0.717, 1.165) is 0 Å². The van der Waals surface area contributed by atoms with E-state index in [1.165, 1.54) is 16.7 Å². The lowest BCUT2D eigenvalue weighted by Crippen LogP contribution is -2.59. The molecule has 1 saturated heterocycles. The van der Waals surface area contributed by atoms with Gasteiger partial charge in [-0.2, -0.15) is 5.26 Å². The SMILES string of the molecule is CCC1C(=O)NC(=O)CN1C(=O)CSCC#N. The molecule has 1 N–H and O–H groups in total. The highest BCUT2D eigenvalue weighted by Gasteiger charge is 2.34. The summed E-state index contributed by atoms with van der Waals surface area (Å²) in [5, 5.41) is 10.6. The highest BCUT2D eigenvalue weighted by Crippen LogP contribution is 2.11. The van der Waals surface area contributed by atoms with Gasteiger partial charge in [-0.15, -0.1) is 11.8 Å². The van der Waals surface area contributed by atoms with Crippen LogP contribution in [0, 0.1) is 11.3 Å². The lowest BCUT2D eigenvalue weighted by atomic mass is 10.1. The molecule has 0 saturated carbocycles. The van der Waals surface area contributed by atoms with Gasteiger partial charge in [-0.25, -0.2) is 0 Å². The number of amides is 3. The van der Waals surface area contributed by atoms with Crippen molar-refractivity contribution in [3.63, 3.8) is 0 Å². The quantitative estimate of drug-likeness (QED) is 0.540. The first kappa shape index (κ1) is 13.5. The van der Waals surface area contributed by atoms with E-state index >= 15 is 0 Å². The van der Waals surface area contributed by atoms with Crippen LogP contribution in [0.25, 0.3) is 0 Å². The highest BCUT2D eigenvalue weighted by atomic mass is 32.2. The second-order valence-electron chi connectivity index (χ2n) is 3.51. The van der Waals surface area contributed by atoms with Gasteiger partial charge in [0.05, 0.1) is 17.6 Å². The molecule has 0 aliphatic carbocycles. The maximum Gasteiger partial charge on any atom is 0.249 e. The number of thioether (sulfide) groups is 1. The minimum absolute atomic E-state index is 0.0871. The van der Waals surface area contributed by atoms with Gasteiger partial charge in [0, 0.05) is 0 Å². The Morgan fingerprint density at radius 3 is 2.94 bits per heavy atom. The van der Waals surface area contributed by atoms with E-state index in [2.05, 4.69) is 5.32 Å². The van der Waals surface area contributed by atoms with E-state index in [1.54, 1.807) is 6.92 Å². The summed E-state index contributed by atoms with van der Waals surface area (Å²) in [6.07, 6.45) is 0.466. The van der Waals surface area contributed by atoms with Gasteiger partial charge >= 0.3 is 0 Å². The fourth-order valence-electron chi connectivity index (χ4n) is 1.60. The molecule has 17 heavy (non-hydrogen) atoms. The number of rotatable bonds is 4. The summed E-state index contributed by atoms with van der Waals surface area (Å²) >= 11 is 1.17. The molecule has 6 nitrogen and oxygen atoms in total. The Labute approximate surface area is 103 Å². The fraction of sp³-hybridized carbons (Fsp3) is 0.600. The molecule has 0 radical (unpaired) electrons. The number of nitrogens with zero attached hydrogens (tertiary/aromatic N) is 2. The maximum atomic E-state index is 11.8. The molecular formula is C10H13N3O3S. The van der Waals surface area contributed by atoms with Crippen molar-refractivity contribution < 1.29 is 14.4 Å². The molecule has 92 valence electrons. The van der Waals surface area contributed by atoms with Crippen LogP contribution in [0.3, 0.4) is 0 Å². The zero-order valence-electron chi connectivity index (χ0n) is 9.43. The predicted octanol–water partition coefficient (Wildman–Crippen LogP) is -0.493. The van der Waals surface area contributed by atoms with Crippen LogP contribution in [-0.4, -0.2) is 46.7 Å². The van der Waals surface area contributed by atoms with Gasteiger partial charge in [-0.05, 0) is 6.42 Å². The van der Waals surface area contributed by atoms with Crippen LogP contribution in [0.2, 0.25) is 0 Å². The van der Waals surface area contributed by atoms with Crippen LogP contribution >= 0.6 is 11.8 Å². The van der Waals surface area contributed by atoms with Crippen LogP contribution in [0.4, 0.5) is 0 Å². The Balaban J connectivity index is 2.65. The first-order valence-corrected chi connectivity index (χ1v) is 6.33. The van der Waals surface area contributed by atoms with Gasteiger partial charge in [0.15, 0.2) is 0 Å². The third-order valence-corrected chi connectivity index (χ3v) is 3.14. The van der Waals surface area contributed by atoms with Gasteiger partial charge in [0.2, 0.25) is 17.7 Å². The number of hydrogen-bond donors (Lipinski definition) is 1. The van der Waals surface area contributed by atoms with Crippen molar-refractivity contribution in [1.82, 2.24) is 10.2 Å². The second-order valence-corrected chi connectivity index (χ2v) is 4.49. The zero-order valence-corrected chi connectivity index (χ0v) is 10.2. The Morgan fingerprint density at radius 1 is 1.65 bits per heavy atom. The summed E-state index contributed by atoms with van der Waals surface area (Å²) in [6.45, 7) is 1.69. The zero-order chi connectivity index (χ0) is 12.8. The molecule has 1 aliphatic rings. The van der Waals surface area contributed by atoms with E-state index in [1.807, 2.05) is 6.07 Å². The van der Waals surface area contributed by atoms with E-state index in [0.29, 0.717) is 6.42 Å². The molecule has 1 fully saturated rings. The van der Waals surface area contributed by atoms with Crippen LogP contribution < -0.4 is 5.32 Å². The van der Waals surface area contributed by atoms with Gasteiger partial charge in [0.25, 0.3) is 0 Å². The number of nitrogens with one attached hydrogen (secondary N) is 1. The molecular weight excluding hydrogens is 242 g/mol. The van der Waals surface area contributed by atoms with Crippen molar-refractivity contribution in [2.24, 2.45) is 0 Å². The molecule has 1 rings (SSSR count). The standard InChI is InChI=1S/C10H13N3O3S/c1-2-7-10(16)12-8(14)5-13(7)9(15)6-17-4-3-11/h7H,2,4-6H2,1H3,(H,12,14,16). The summed E-state index contributed by atoms with van der Waals surface area (Å²) in [5.74, 6) is -0.831. The molecule has 3 amide bonds. The first-order valence-electron chi connectivity index (χ1n) is 5.18. The van der Waals surface area contributed by atoms with Crippen molar-refractivity contribution in [2.45, 2.75) is 19.4 Å². The molecule has 1 atom stereocenters. The Bertz CT molecular complexity index is 377. The minimum atomic E-state index is -0.581. The van der Waals surface area contributed by atoms with Crippen LogP contribution in [0.1, 0.15) is 13.3 Å². The van der Waals surface area contributed by atoms with Crippen LogP contribution in [0.15, 0.2) is 0 Å². The summed E-state index contributed by atoms with van der Waals surface area (Å²) in [4.78, 5) is 35.8. The van der Waals surface area contributed by atoms with E-state index in [-0.39, 0.29) is 24.0 Å². The molecule has 1 aliphatic heterocycles. The largest absolute Gasteiger partial charge is 0.321 e. The minimum Gasteiger partial charge on any atom is -0.321 e. The molecule has 7 heteroatoms. The van der Waals surface area contributed by atoms with Gasteiger partial charge in [-0.1, -0.05) is 6.92 Å². The lowest BCUT2D eigenvalue weighted by molar-refractivity contribution is -0.148. The first-order chi connectivity index (χ1) is 8.10. The van der Waals surface area contributed by atoms with Crippen molar-refractivity contribution in [2.75, 3.05) is 18.1 Å². The summed E-state index contributed by atoms with van der Waals surface area (Å²) < 4.78 is 0. The number of imide groups is 1. The van der Waals surface area contributed by atoms with Gasteiger partial charge < -0.3 is 4.90 Å². The third kappa shape index (κ3) is 3.46. The number of piperazine rings is 1. The molecule has 0 aromatic rings. The number of carbonyl (C=O) groups is 3. The molecule has 1 heterocycles. The van der Waals surface area contributed by atoms with E-state index in [9.17, 15) is 14.4 Å². The second kappa shape index (κ2) is 6.25. The summed E-state index contributed by atoms with van der Waals surface area (Å²) in [7, 11) is 0. The smallest absolute Gasteiger partial charge is 0.249 e. The molecule has 0 bridgehead atoms. The van der Waals surface area contributed by atoms with E-state index < -0.39 is 17.9 Å². The van der Waals surface area contributed by atoms with Gasteiger partial charge in [0.1, 0.15) is 12.6 Å². The predicted molar refractivity (Wildman–Crippen MR) is 61.9 cm³/mol. The lowest BCUT2D eigenvalue weighted by Gasteiger charge is -2.33. The average molecular weight is 255 g/mol. The molecule has 0 aromatic heterocycles. The maximum absolute atomic E-state index is 11.8. The van der Waals surface area contributed by atoms with Crippen molar-refractivity contribution in [3.8, 4) is 6.07 Å². The molecule has 0 spiro atoms. The fourth-order valence-corrected chi connectivity index (χ4v) is 2.14. The molecule has 0 aromatic carbocycles. The normalized spacial score (nSPS) is 19.8. The van der Waals surface area contributed by atoms with Crippen molar-refractivity contribution in [3.05, 3.63) is 0 Å².